The van der Waals surface area contributed by atoms with Crippen LogP contribution in [0.15, 0.2) is 18.2 Å². The molecular weight excluding hydrogens is 289 g/mol. The highest BCUT2D eigenvalue weighted by Gasteiger charge is 2.16. The first-order valence-corrected chi connectivity index (χ1v) is 6.63. The molecule has 0 saturated heterocycles. The largest absolute Gasteiger partial charge is 0.481 e. The SMILES string of the molecule is CCC(CNC(=O)Cc1ccc(Cl)c(Cl)c1)C(=O)O. The predicted molar refractivity (Wildman–Crippen MR) is 74.6 cm³/mol. The molecule has 6 heteroatoms. The number of hydrogen-bond donors (Lipinski definition) is 2. The summed E-state index contributed by atoms with van der Waals surface area (Å²) in [6.07, 6.45) is 0.620. The minimum atomic E-state index is -0.905. The monoisotopic (exact) mass is 303 g/mol. The average molecular weight is 304 g/mol. The Bertz CT molecular complexity index is 477. The zero-order valence-electron chi connectivity index (χ0n) is 10.5. The molecule has 0 aromatic heterocycles. The molecule has 1 rings (SSSR count). The molecular formula is C13H15Cl2NO3. The van der Waals surface area contributed by atoms with E-state index >= 15 is 0 Å². The second-order valence-electron chi connectivity index (χ2n) is 4.17. The molecule has 0 aliphatic rings. The molecule has 0 aliphatic carbocycles. The number of halogens is 2. The van der Waals surface area contributed by atoms with E-state index in [2.05, 4.69) is 5.32 Å². The van der Waals surface area contributed by atoms with E-state index in [1.807, 2.05) is 0 Å². The molecule has 0 bridgehead atoms. The molecule has 0 aliphatic heterocycles. The van der Waals surface area contributed by atoms with Crippen LogP contribution in [0.1, 0.15) is 18.9 Å². The van der Waals surface area contributed by atoms with Crippen molar-refractivity contribution in [2.24, 2.45) is 5.92 Å². The van der Waals surface area contributed by atoms with Gasteiger partial charge in [0.2, 0.25) is 5.91 Å². The normalized spacial score (nSPS) is 11.9. The van der Waals surface area contributed by atoms with Gasteiger partial charge >= 0.3 is 5.97 Å². The fourth-order valence-corrected chi connectivity index (χ4v) is 1.86. The van der Waals surface area contributed by atoms with Gasteiger partial charge in [-0.15, -0.1) is 0 Å². The maximum Gasteiger partial charge on any atom is 0.308 e. The van der Waals surface area contributed by atoms with Gasteiger partial charge in [-0.2, -0.15) is 0 Å². The van der Waals surface area contributed by atoms with Crippen LogP contribution in [0.3, 0.4) is 0 Å². The van der Waals surface area contributed by atoms with Gasteiger partial charge in [-0.1, -0.05) is 36.2 Å². The predicted octanol–water partition coefficient (Wildman–Crippen LogP) is 2.76. The molecule has 1 amide bonds. The van der Waals surface area contributed by atoms with Gasteiger partial charge in [0, 0.05) is 6.54 Å². The summed E-state index contributed by atoms with van der Waals surface area (Å²) in [7, 11) is 0. The summed E-state index contributed by atoms with van der Waals surface area (Å²) in [5, 5.41) is 12.3. The highest BCUT2D eigenvalue weighted by molar-refractivity contribution is 6.42. The van der Waals surface area contributed by atoms with Crippen LogP contribution in [0.2, 0.25) is 10.0 Å². The molecule has 4 nitrogen and oxygen atoms in total. The first kappa shape index (κ1) is 15.8. The van der Waals surface area contributed by atoms with Gasteiger partial charge in [0.05, 0.1) is 22.4 Å². The Morgan fingerprint density at radius 1 is 1.32 bits per heavy atom. The number of hydrogen-bond acceptors (Lipinski definition) is 2. The lowest BCUT2D eigenvalue weighted by molar-refractivity contribution is -0.141. The van der Waals surface area contributed by atoms with Crippen molar-refractivity contribution in [2.75, 3.05) is 6.54 Å². The standard InChI is InChI=1S/C13H15Cl2NO3/c1-2-9(13(18)19)7-16-12(17)6-8-3-4-10(14)11(15)5-8/h3-5,9H,2,6-7H2,1H3,(H,16,17)(H,18,19). The van der Waals surface area contributed by atoms with Crippen molar-refractivity contribution in [3.05, 3.63) is 33.8 Å². The Kier molecular flexibility index (Phi) is 6.12. The fraction of sp³-hybridized carbons (Fsp3) is 0.385. The van der Waals surface area contributed by atoms with Crippen molar-refractivity contribution in [1.82, 2.24) is 5.32 Å². The van der Waals surface area contributed by atoms with Crippen LogP contribution in [-0.2, 0) is 16.0 Å². The molecule has 2 N–H and O–H groups in total. The van der Waals surface area contributed by atoms with Gasteiger partial charge < -0.3 is 10.4 Å². The zero-order chi connectivity index (χ0) is 14.4. The van der Waals surface area contributed by atoms with E-state index in [0.717, 1.165) is 5.56 Å². The van der Waals surface area contributed by atoms with E-state index in [-0.39, 0.29) is 18.9 Å². The summed E-state index contributed by atoms with van der Waals surface area (Å²) in [6.45, 7) is 1.90. The first-order valence-electron chi connectivity index (χ1n) is 5.87. The van der Waals surface area contributed by atoms with Crippen LogP contribution in [0.25, 0.3) is 0 Å². The zero-order valence-corrected chi connectivity index (χ0v) is 12.0. The summed E-state index contributed by atoms with van der Waals surface area (Å²) in [5.41, 5.74) is 0.732. The Morgan fingerprint density at radius 3 is 2.53 bits per heavy atom. The summed E-state index contributed by atoms with van der Waals surface area (Å²) in [6, 6.07) is 4.96. The Labute approximate surface area is 121 Å². The highest BCUT2D eigenvalue weighted by atomic mass is 35.5. The molecule has 0 spiro atoms. The Hall–Kier alpha value is -1.26. The summed E-state index contributed by atoms with van der Waals surface area (Å²) in [4.78, 5) is 22.5. The lowest BCUT2D eigenvalue weighted by Crippen LogP contribution is -2.33. The van der Waals surface area contributed by atoms with E-state index in [1.165, 1.54) is 0 Å². The third-order valence-corrected chi connectivity index (χ3v) is 3.48. The van der Waals surface area contributed by atoms with Crippen molar-refractivity contribution in [1.29, 1.82) is 0 Å². The Morgan fingerprint density at radius 2 is 2.00 bits per heavy atom. The molecule has 19 heavy (non-hydrogen) atoms. The van der Waals surface area contributed by atoms with Gasteiger partial charge in [0.25, 0.3) is 0 Å². The summed E-state index contributed by atoms with van der Waals surface area (Å²) >= 11 is 11.6. The van der Waals surface area contributed by atoms with Crippen molar-refractivity contribution >= 4 is 35.1 Å². The lowest BCUT2D eigenvalue weighted by atomic mass is 10.1. The molecule has 1 atom stereocenters. The van der Waals surface area contributed by atoms with Gasteiger partial charge in [-0.05, 0) is 24.1 Å². The van der Waals surface area contributed by atoms with Gasteiger partial charge in [0.1, 0.15) is 0 Å². The molecule has 0 heterocycles. The first-order chi connectivity index (χ1) is 8.93. The van der Waals surface area contributed by atoms with Gasteiger partial charge in [-0.3, -0.25) is 9.59 Å². The second-order valence-corrected chi connectivity index (χ2v) is 4.99. The number of amides is 1. The van der Waals surface area contributed by atoms with E-state index in [4.69, 9.17) is 28.3 Å². The van der Waals surface area contributed by atoms with Crippen LogP contribution in [0, 0.1) is 5.92 Å². The molecule has 1 unspecified atom stereocenters. The minimum absolute atomic E-state index is 0.131. The molecule has 0 radical (unpaired) electrons. The third kappa shape index (κ3) is 5.09. The van der Waals surface area contributed by atoms with Crippen molar-refractivity contribution in [3.8, 4) is 0 Å². The number of carboxylic acid groups (broad SMARTS) is 1. The summed E-state index contributed by atoms with van der Waals surface area (Å²) in [5.74, 6) is -1.70. The molecule has 0 fully saturated rings. The maximum absolute atomic E-state index is 11.7. The van der Waals surface area contributed by atoms with Crippen LogP contribution < -0.4 is 5.32 Å². The molecule has 1 aromatic carbocycles. The van der Waals surface area contributed by atoms with Gasteiger partial charge in [-0.25, -0.2) is 0 Å². The van der Waals surface area contributed by atoms with Gasteiger partial charge in [0.15, 0.2) is 0 Å². The van der Waals surface area contributed by atoms with Crippen LogP contribution in [0.4, 0.5) is 0 Å². The quantitative estimate of drug-likeness (QED) is 0.849. The fourth-order valence-electron chi connectivity index (χ4n) is 1.54. The number of nitrogens with one attached hydrogen (secondary N) is 1. The number of rotatable bonds is 6. The molecule has 1 aromatic rings. The average Bonchev–Trinajstić information content (AvgIpc) is 2.34. The van der Waals surface area contributed by atoms with Crippen molar-refractivity contribution in [3.63, 3.8) is 0 Å². The van der Waals surface area contributed by atoms with E-state index in [1.54, 1.807) is 25.1 Å². The lowest BCUT2D eigenvalue weighted by Gasteiger charge is -2.11. The van der Waals surface area contributed by atoms with E-state index in [0.29, 0.717) is 16.5 Å². The number of carbonyl (C=O) groups excluding carboxylic acids is 1. The van der Waals surface area contributed by atoms with Crippen molar-refractivity contribution in [2.45, 2.75) is 19.8 Å². The van der Waals surface area contributed by atoms with E-state index in [9.17, 15) is 9.59 Å². The number of benzene rings is 1. The van der Waals surface area contributed by atoms with Crippen LogP contribution >= 0.6 is 23.2 Å². The topological polar surface area (TPSA) is 66.4 Å². The number of carbonyl (C=O) groups is 2. The highest BCUT2D eigenvalue weighted by Crippen LogP contribution is 2.22. The third-order valence-electron chi connectivity index (χ3n) is 2.74. The maximum atomic E-state index is 11.7. The van der Waals surface area contributed by atoms with Crippen LogP contribution in [-0.4, -0.2) is 23.5 Å². The second kappa shape index (κ2) is 7.36. The van der Waals surface area contributed by atoms with E-state index < -0.39 is 11.9 Å². The Balaban J connectivity index is 2.51. The summed E-state index contributed by atoms with van der Waals surface area (Å²) < 4.78 is 0. The van der Waals surface area contributed by atoms with Crippen molar-refractivity contribution < 1.29 is 14.7 Å². The van der Waals surface area contributed by atoms with Crippen LogP contribution in [0.5, 0.6) is 0 Å². The minimum Gasteiger partial charge on any atom is -0.481 e. The smallest absolute Gasteiger partial charge is 0.308 e. The molecule has 104 valence electrons. The molecule has 0 saturated carbocycles. The number of carboxylic acids is 1. The number of aliphatic carboxylic acids is 1.